The third kappa shape index (κ3) is 5.18. The highest BCUT2D eigenvalue weighted by Gasteiger charge is 2.12. The summed E-state index contributed by atoms with van der Waals surface area (Å²) in [5, 5.41) is 3.65. The summed E-state index contributed by atoms with van der Waals surface area (Å²) < 4.78 is 4.70. The Balaban J connectivity index is 1.72. The van der Waals surface area contributed by atoms with Gasteiger partial charge in [-0.3, -0.25) is 14.5 Å². The molecule has 3 aromatic rings. The van der Waals surface area contributed by atoms with Crippen molar-refractivity contribution in [3.63, 3.8) is 0 Å². The van der Waals surface area contributed by atoms with Gasteiger partial charge in [-0.25, -0.2) is 9.78 Å². The molecule has 0 aliphatic heterocycles. The van der Waals surface area contributed by atoms with E-state index in [1.807, 2.05) is 0 Å². The van der Waals surface area contributed by atoms with Crippen molar-refractivity contribution >= 4 is 40.1 Å². The van der Waals surface area contributed by atoms with E-state index in [0.717, 1.165) is 0 Å². The molecule has 2 N–H and O–H groups in total. The molecule has 1 amide bonds. The number of rotatable bonds is 6. The topological polar surface area (TPSA) is 104 Å². The van der Waals surface area contributed by atoms with E-state index in [9.17, 15) is 14.4 Å². The number of aromatic amines is 1. The Labute approximate surface area is 171 Å². The Morgan fingerprint density at radius 1 is 1.24 bits per heavy atom. The van der Waals surface area contributed by atoms with Crippen LogP contribution in [0.5, 0.6) is 0 Å². The third-order valence-electron chi connectivity index (χ3n) is 4.12. The van der Waals surface area contributed by atoms with Crippen LogP contribution in [0.25, 0.3) is 10.9 Å². The van der Waals surface area contributed by atoms with Gasteiger partial charge in [0.2, 0.25) is 5.91 Å². The standard InChI is InChI=1S/C20H19ClN4O4/c1-25(11-18(26)22-14-5-3-4-13(21)9-14)10-17-23-16-8-12(20(28)29-2)6-7-15(16)19(27)24-17/h3-9H,10-11H2,1-2H3,(H,22,26)(H,23,24,27). The number of nitrogens with zero attached hydrogens (tertiary/aromatic N) is 2. The van der Waals surface area contributed by atoms with E-state index < -0.39 is 5.97 Å². The summed E-state index contributed by atoms with van der Waals surface area (Å²) in [7, 11) is 3.01. The van der Waals surface area contributed by atoms with Crippen molar-refractivity contribution < 1.29 is 14.3 Å². The van der Waals surface area contributed by atoms with Gasteiger partial charge in [0.25, 0.3) is 5.56 Å². The Kier molecular flexibility index (Phi) is 6.26. The molecule has 150 valence electrons. The van der Waals surface area contributed by atoms with E-state index in [0.29, 0.717) is 33.0 Å². The van der Waals surface area contributed by atoms with E-state index in [1.165, 1.54) is 25.3 Å². The predicted molar refractivity (Wildman–Crippen MR) is 110 cm³/mol. The molecule has 0 saturated carbocycles. The van der Waals surface area contributed by atoms with Crippen LogP contribution in [0.1, 0.15) is 16.2 Å². The lowest BCUT2D eigenvalue weighted by Crippen LogP contribution is -2.31. The minimum absolute atomic E-state index is 0.0798. The zero-order valence-corrected chi connectivity index (χ0v) is 16.6. The molecular weight excluding hydrogens is 396 g/mol. The second-order valence-corrected chi connectivity index (χ2v) is 6.90. The van der Waals surface area contributed by atoms with Gasteiger partial charge in [0.1, 0.15) is 5.82 Å². The first kappa shape index (κ1) is 20.5. The number of esters is 1. The maximum atomic E-state index is 12.3. The molecule has 0 radical (unpaired) electrons. The molecule has 8 nitrogen and oxygen atoms in total. The smallest absolute Gasteiger partial charge is 0.337 e. The molecule has 29 heavy (non-hydrogen) atoms. The molecule has 0 spiro atoms. The average Bonchev–Trinajstić information content (AvgIpc) is 2.66. The van der Waals surface area contributed by atoms with Crippen molar-refractivity contribution in [2.45, 2.75) is 6.54 Å². The maximum absolute atomic E-state index is 12.3. The summed E-state index contributed by atoms with van der Waals surface area (Å²) in [6.45, 7) is 0.313. The number of aromatic nitrogens is 2. The van der Waals surface area contributed by atoms with Crippen LogP contribution in [-0.4, -0.2) is 47.4 Å². The van der Waals surface area contributed by atoms with Crippen LogP contribution in [0.15, 0.2) is 47.3 Å². The van der Waals surface area contributed by atoms with Crippen molar-refractivity contribution in [3.05, 3.63) is 69.2 Å². The number of methoxy groups -OCH3 is 1. The molecule has 1 heterocycles. The summed E-state index contributed by atoms with van der Waals surface area (Å²) >= 11 is 5.91. The largest absolute Gasteiger partial charge is 0.465 e. The quantitative estimate of drug-likeness (QED) is 0.600. The summed E-state index contributed by atoms with van der Waals surface area (Å²) in [4.78, 5) is 45.0. The highest BCUT2D eigenvalue weighted by atomic mass is 35.5. The fraction of sp³-hybridized carbons (Fsp3) is 0.200. The number of hydrogen-bond acceptors (Lipinski definition) is 6. The number of likely N-dealkylation sites (N-methyl/N-ethyl adjacent to an activating group) is 1. The fourth-order valence-corrected chi connectivity index (χ4v) is 3.02. The van der Waals surface area contributed by atoms with Gasteiger partial charge in [0, 0.05) is 10.7 Å². The summed E-state index contributed by atoms with van der Waals surface area (Å²) in [5.41, 5.74) is 0.961. The van der Waals surface area contributed by atoms with Crippen LogP contribution < -0.4 is 10.9 Å². The Morgan fingerprint density at radius 2 is 2.03 bits per heavy atom. The molecule has 3 rings (SSSR count). The number of amides is 1. The van der Waals surface area contributed by atoms with E-state index in [2.05, 4.69) is 15.3 Å². The number of H-pyrrole nitrogens is 1. The highest BCUT2D eigenvalue weighted by molar-refractivity contribution is 6.30. The SMILES string of the molecule is COC(=O)c1ccc2c(=O)[nH]c(CN(C)CC(=O)Nc3cccc(Cl)c3)nc2c1. The Morgan fingerprint density at radius 3 is 2.76 bits per heavy atom. The lowest BCUT2D eigenvalue weighted by Gasteiger charge is -2.16. The molecule has 2 aromatic carbocycles. The number of anilines is 1. The summed E-state index contributed by atoms with van der Waals surface area (Å²) in [6.07, 6.45) is 0. The van der Waals surface area contributed by atoms with Crippen molar-refractivity contribution in [2.24, 2.45) is 0 Å². The number of ether oxygens (including phenoxy) is 1. The molecule has 0 atom stereocenters. The average molecular weight is 415 g/mol. The molecule has 0 unspecified atom stereocenters. The van der Waals surface area contributed by atoms with Crippen molar-refractivity contribution in [1.29, 1.82) is 0 Å². The zero-order valence-electron chi connectivity index (χ0n) is 15.9. The van der Waals surface area contributed by atoms with E-state index in [1.54, 1.807) is 36.2 Å². The Bertz CT molecular complexity index is 1130. The van der Waals surface area contributed by atoms with Gasteiger partial charge < -0.3 is 15.0 Å². The van der Waals surface area contributed by atoms with E-state index in [-0.39, 0.29) is 24.6 Å². The van der Waals surface area contributed by atoms with E-state index in [4.69, 9.17) is 16.3 Å². The predicted octanol–water partition coefficient (Wildman–Crippen LogP) is 2.43. The Hall–Kier alpha value is -3.23. The minimum atomic E-state index is -0.509. The number of hydrogen-bond donors (Lipinski definition) is 2. The first-order valence-corrected chi connectivity index (χ1v) is 9.09. The molecule has 0 bridgehead atoms. The minimum Gasteiger partial charge on any atom is -0.465 e. The number of halogens is 1. The van der Waals surface area contributed by atoms with Gasteiger partial charge in [0.15, 0.2) is 0 Å². The van der Waals surface area contributed by atoms with Crippen LogP contribution in [0, 0.1) is 0 Å². The maximum Gasteiger partial charge on any atom is 0.337 e. The van der Waals surface area contributed by atoms with Gasteiger partial charge in [-0.2, -0.15) is 0 Å². The van der Waals surface area contributed by atoms with Crippen LogP contribution in [0.4, 0.5) is 5.69 Å². The van der Waals surface area contributed by atoms with Gasteiger partial charge in [-0.15, -0.1) is 0 Å². The number of carbonyl (C=O) groups is 2. The van der Waals surface area contributed by atoms with Crippen molar-refractivity contribution in [3.8, 4) is 0 Å². The van der Waals surface area contributed by atoms with Crippen LogP contribution in [0.3, 0.4) is 0 Å². The second-order valence-electron chi connectivity index (χ2n) is 6.47. The van der Waals surface area contributed by atoms with E-state index >= 15 is 0 Å². The summed E-state index contributed by atoms with van der Waals surface area (Å²) in [5.74, 6) is -0.362. The number of carbonyl (C=O) groups excluding carboxylic acids is 2. The lowest BCUT2D eigenvalue weighted by atomic mass is 10.1. The third-order valence-corrected chi connectivity index (χ3v) is 4.35. The first-order valence-electron chi connectivity index (χ1n) is 8.71. The highest BCUT2D eigenvalue weighted by Crippen LogP contribution is 2.15. The van der Waals surface area contributed by atoms with Crippen LogP contribution in [0.2, 0.25) is 5.02 Å². The first-order chi connectivity index (χ1) is 13.9. The van der Waals surface area contributed by atoms with Gasteiger partial charge in [0.05, 0.1) is 36.7 Å². The number of fused-ring (bicyclic) bond motifs is 1. The van der Waals surface area contributed by atoms with Gasteiger partial charge in [-0.1, -0.05) is 17.7 Å². The van der Waals surface area contributed by atoms with Crippen LogP contribution in [-0.2, 0) is 16.1 Å². The van der Waals surface area contributed by atoms with Crippen molar-refractivity contribution in [2.75, 3.05) is 26.0 Å². The molecule has 0 fully saturated rings. The van der Waals surface area contributed by atoms with Gasteiger partial charge in [-0.05, 0) is 43.4 Å². The molecular formula is C20H19ClN4O4. The zero-order chi connectivity index (χ0) is 21.0. The molecule has 0 saturated heterocycles. The second kappa shape index (κ2) is 8.85. The lowest BCUT2D eigenvalue weighted by molar-refractivity contribution is -0.117. The number of nitrogens with one attached hydrogen (secondary N) is 2. The van der Waals surface area contributed by atoms with Gasteiger partial charge >= 0.3 is 5.97 Å². The summed E-state index contributed by atoms with van der Waals surface area (Å²) in [6, 6.07) is 11.4. The fourth-order valence-electron chi connectivity index (χ4n) is 2.83. The molecule has 0 aliphatic carbocycles. The monoisotopic (exact) mass is 414 g/mol. The van der Waals surface area contributed by atoms with Crippen molar-refractivity contribution in [1.82, 2.24) is 14.9 Å². The normalized spacial score (nSPS) is 10.9. The molecule has 1 aromatic heterocycles. The van der Waals surface area contributed by atoms with Crippen LogP contribution >= 0.6 is 11.6 Å². The molecule has 9 heteroatoms. The molecule has 0 aliphatic rings. The number of benzene rings is 2.